The number of hydrogen-bond donors (Lipinski definition) is 3. The quantitative estimate of drug-likeness (QED) is 0.578. The van der Waals surface area contributed by atoms with Gasteiger partial charge < -0.3 is 5.32 Å². The minimum atomic E-state index is -4.30. The van der Waals surface area contributed by atoms with Crippen LogP contribution in [0.15, 0.2) is 46.3 Å². The van der Waals surface area contributed by atoms with Crippen molar-refractivity contribution < 1.29 is 13.0 Å². The number of benzene rings is 1. The van der Waals surface area contributed by atoms with Crippen molar-refractivity contribution in [2.24, 2.45) is 0 Å². The monoisotopic (exact) mass is 368 g/mol. The summed E-state index contributed by atoms with van der Waals surface area (Å²) in [6, 6.07) is 6.34. The van der Waals surface area contributed by atoms with Crippen LogP contribution in [0, 0.1) is 0 Å². The van der Waals surface area contributed by atoms with Gasteiger partial charge in [0.2, 0.25) is 11.2 Å². The molecule has 0 aliphatic rings. The largest absolute Gasteiger partial charge is 0.309 e. The van der Waals surface area contributed by atoms with Gasteiger partial charge in [-0.15, -0.1) is 0 Å². The third-order valence-electron chi connectivity index (χ3n) is 2.90. The first-order valence-electron chi connectivity index (χ1n) is 6.34. The van der Waals surface area contributed by atoms with Gasteiger partial charge in [0.05, 0.1) is 10.6 Å². The van der Waals surface area contributed by atoms with Crippen molar-refractivity contribution in [2.45, 2.75) is 4.90 Å². The van der Waals surface area contributed by atoms with Crippen LogP contribution in [0.1, 0.15) is 0 Å². The Morgan fingerprint density at radius 3 is 2.54 bits per heavy atom. The Morgan fingerprint density at radius 2 is 1.92 bits per heavy atom. The summed E-state index contributed by atoms with van der Waals surface area (Å²) in [5, 5.41) is 5.51. The first-order chi connectivity index (χ1) is 11.3. The molecule has 0 aliphatic heterocycles. The predicted octanol–water partition coefficient (Wildman–Crippen LogP) is 0.994. The number of nitrogens with zero attached hydrogens (tertiary/aromatic N) is 4. The number of rotatable bonds is 4. The molecule has 0 amide bonds. The van der Waals surface area contributed by atoms with Crippen molar-refractivity contribution in [3.05, 3.63) is 52.3 Å². The Bertz CT molecular complexity index is 1040. The fourth-order valence-electron chi connectivity index (χ4n) is 1.88. The summed E-state index contributed by atoms with van der Waals surface area (Å²) in [5.41, 5.74) is -0.0358. The van der Waals surface area contributed by atoms with Gasteiger partial charge in [-0.25, -0.2) is 14.6 Å². The lowest BCUT2D eigenvalue weighted by molar-refractivity contribution is 0.483. The number of anilines is 2. The molecule has 12 heteroatoms. The maximum absolute atomic E-state index is 12.0. The molecule has 124 valence electrons. The Kier molecular flexibility index (Phi) is 4.05. The van der Waals surface area contributed by atoms with Crippen molar-refractivity contribution >= 4 is 33.5 Å². The maximum Gasteiger partial charge on any atom is 0.294 e. The molecule has 0 aliphatic carbocycles. The van der Waals surface area contributed by atoms with Gasteiger partial charge in [0.25, 0.3) is 15.7 Å². The van der Waals surface area contributed by atoms with Crippen molar-refractivity contribution in [2.75, 3.05) is 5.32 Å². The van der Waals surface area contributed by atoms with Crippen LogP contribution in [0.2, 0.25) is 5.28 Å². The molecule has 0 fully saturated rings. The summed E-state index contributed by atoms with van der Waals surface area (Å²) in [4.78, 5) is 23.1. The van der Waals surface area contributed by atoms with Crippen LogP contribution in [-0.2, 0) is 10.1 Å². The number of aromatic amines is 1. The summed E-state index contributed by atoms with van der Waals surface area (Å²) < 4.78 is 32.2. The summed E-state index contributed by atoms with van der Waals surface area (Å²) in [6.45, 7) is 0. The van der Waals surface area contributed by atoms with E-state index in [2.05, 4.69) is 25.4 Å². The first-order valence-corrected chi connectivity index (χ1v) is 8.16. The summed E-state index contributed by atoms with van der Waals surface area (Å²) >= 11 is 5.65. The highest BCUT2D eigenvalue weighted by molar-refractivity contribution is 7.85. The number of H-pyrrole nitrogens is 1. The lowest BCUT2D eigenvalue weighted by atomic mass is 10.3. The number of halogens is 1. The van der Waals surface area contributed by atoms with Gasteiger partial charge in [0, 0.05) is 6.07 Å². The van der Waals surface area contributed by atoms with Gasteiger partial charge in [0.15, 0.2) is 0 Å². The van der Waals surface area contributed by atoms with Crippen LogP contribution in [0.5, 0.6) is 0 Å². The van der Waals surface area contributed by atoms with Crippen LogP contribution in [-0.4, -0.2) is 37.7 Å². The fourth-order valence-corrected chi connectivity index (χ4v) is 2.48. The van der Waals surface area contributed by atoms with E-state index < -0.39 is 15.7 Å². The van der Waals surface area contributed by atoms with Gasteiger partial charge >= 0.3 is 0 Å². The van der Waals surface area contributed by atoms with E-state index in [4.69, 9.17) is 16.2 Å². The molecule has 0 unspecified atom stereocenters. The number of hydrogen-bond acceptors (Lipinski definition) is 7. The Balaban J connectivity index is 1.90. The van der Waals surface area contributed by atoms with E-state index >= 15 is 0 Å². The van der Waals surface area contributed by atoms with Crippen molar-refractivity contribution in [1.82, 2.24) is 24.7 Å². The van der Waals surface area contributed by atoms with E-state index in [0.717, 1.165) is 0 Å². The third-order valence-corrected chi connectivity index (χ3v) is 3.95. The van der Waals surface area contributed by atoms with Crippen molar-refractivity contribution in [3.63, 3.8) is 0 Å². The zero-order valence-corrected chi connectivity index (χ0v) is 13.3. The molecule has 0 bridgehead atoms. The van der Waals surface area contributed by atoms with Gasteiger partial charge in [-0.05, 0) is 35.9 Å². The molecule has 3 N–H and O–H groups in total. The molecule has 0 spiro atoms. The number of nitrogens with one attached hydrogen (secondary N) is 2. The molecule has 0 radical (unpaired) electrons. The average Bonchev–Trinajstić information content (AvgIpc) is 2.87. The van der Waals surface area contributed by atoms with Gasteiger partial charge in [-0.3, -0.25) is 14.4 Å². The van der Waals surface area contributed by atoms with E-state index in [0.29, 0.717) is 11.5 Å². The Hall–Kier alpha value is -2.76. The molecule has 0 saturated heterocycles. The second-order valence-electron chi connectivity index (χ2n) is 4.52. The zero-order chi connectivity index (χ0) is 17.3. The van der Waals surface area contributed by atoms with Crippen LogP contribution >= 0.6 is 11.6 Å². The molecule has 0 saturated carbocycles. The molecule has 24 heavy (non-hydrogen) atoms. The van der Waals surface area contributed by atoms with Crippen LogP contribution in [0.25, 0.3) is 5.69 Å². The highest BCUT2D eigenvalue weighted by Crippen LogP contribution is 2.14. The number of aromatic nitrogens is 5. The minimum absolute atomic E-state index is 0.00455. The van der Waals surface area contributed by atoms with E-state index in [1.807, 2.05) is 0 Å². The van der Waals surface area contributed by atoms with Gasteiger partial charge in [-0.2, -0.15) is 13.4 Å². The molecule has 1 aromatic carbocycles. The lowest BCUT2D eigenvalue weighted by Gasteiger charge is -2.04. The summed E-state index contributed by atoms with van der Waals surface area (Å²) in [5.74, 6) is 0.436. The van der Waals surface area contributed by atoms with Gasteiger partial charge in [-0.1, -0.05) is 0 Å². The van der Waals surface area contributed by atoms with E-state index in [-0.39, 0.29) is 16.1 Å². The fraction of sp³-hybridized carbons (Fsp3) is 0. The van der Waals surface area contributed by atoms with Crippen LogP contribution in [0.4, 0.5) is 11.8 Å². The Morgan fingerprint density at radius 1 is 1.21 bits per heavy atom. The van der Waals surface area contributed by atoms with E-state index in [1.54, 1.807) is 0 Å². The van der Waals surface area contributed by atoms with Crippen molar-refractivity contribution in [3.8, 4) is 5.69 Å². The van der Waals surface area contributed by atoms with Crippen LogP contribution in [0.3, 0.4) is 0 Å². The molecular formula is C12H9ClN6O4S. The molecule has 3 rings (SSSR count). The second-order valence-corrected chi connectivity index (χ2v) is 6.28. The lowest BCUT2D eigenvalue weighted by Crippen LogP contribution is -2.13. The van der Waals surface area contributed by atoms with Crippen LogP contribution < -0.4 is 10.9 Å². The summed E-state index contributed by atoms with van der Waals surface area (Å²) in [7, 11) is -4.30. The molecule has 3 aromatic rings. The molecule has 2 aromatic heterocycles. The van der Waals surface area contributed by atoms with Gasteiger partial charge in [0.1, 0.15) is 12.1 Å². The highest BCUT2D eigenvalue weighted by Gasteiger charge is 2.11. The predicted molar refractivity (Wildman–Crippen MR) is 84.3 cm³/mol. The smallest absolute Gasteiger partial charge is 0.294 e. The normalized spacial score (nSPS) is 11.4. The zero-order valence-electron chi connectivity index (χ0n) is 11.7. The molecule has 2 heterocycles. The molecular weight excluding hydrogens is 360 g/mol. The molecule has 0 atom stereocenters. The Labute approximate surface area is 139 Å². The highest BCUT2D eigenvalue weighted by atomic mass is 35.5. The SMILES string of the molecule is O=c1cc(Nc2ncnc(Cl)n2)[nH]n1-c1ccc(S(=O)(=O)O)cc1. The third kappa shape index (κ3) is 3.42. The van der Waals surface area contributed by atoms with E-state index in [9.17, 15) is 13.2 Å². The topological polar surface area (TPSA) is 143 Å². The maximum atomic E-state index is 12.0. The summed E-state index contributed by atoms with van der Waals surface area (Å²) in [6.07, 6.45) is 1.21. The second kappa shape index (κ2) is 6.03. The minimum Gasteiger partial charge on any atom is -0.309 e. The van der Waals surface area contributed by atoms with E-state index in [1.165, 1.54) is 41.3 Å². The molecule has 10 nitrogen and oxygen atoms in total. The standard InChI is InChI=1S/C12H9ClN6O4S/c13-11-14-6-15-12(17-11)16-9-5-10(20)19(18-9)7-1-3-8(4-2-7)24(21,22)23/h1-6,18H,(H,21,22,23)(H,14,15,16,17). The first kappa shape index (κ1) is 16.1. The average molecular weight is 369 g/mol. The van der Waals surface area contributed by atoms with Crippen molar-refractivity contribution in [1.29, 1.82) is 0 Å².